The summed E-state index contributed by atoms with van der Waals surface area (Å²) in [6.07, 6.45) is 5.07. The first kappa shape index (κ1) is 13.9. The largest absolute Gasteiger partial charge is 0.326 e. The number of aliphatic imine (C=N–C) groups is 1. The Morgan fingerprint density at radius 1 is 1.27 bits per heavy atom. The van der Waals surface area contributed by atoms with Gasteiger partial charge in [0.2, 0.25) is 5.91 Å². The van der Waals surface area contributed by atoms with Crippen LogP contribution in [0.25, 0.3) is 5.70 Å². The number of carbonyl (C=O) groups is 1. The first-order valence-electron chi connectivity index (χ1n) is 7.84. The van der Waals surface area contributed by atoms with Gasteiger partial charge in [-0.2, -0.15) is 0 Å². The molecule has 0 saturated heterocycles. The maximum absolute atomic E-state index is 11.1. The number of nitrogens with zero attached hydrogens (tertiary/aromatic N) is 2. The Bertz CT molecular complexity index is 665. The van der Waals surface area contributed by atoms with E-state index < -0.39 is 0 Å². The van der Waals surface area contributed by atoms with Gasteiger partial charge < -0.3 is 10.2 Å². The Kier molecular flexibility index (Phi) is 3.45. The van der Waals surface area contributed by atoms with Gasteiger partial charge in [0.15, 0.2) is 5.17 Å². The molecule has 0 radical (unpaired) electrons. The Morgan fingerprint density at radius 2 is 2.05 bits per heavy atom. The fraction of sp³-hybridized carbons (Fsp3) is 0.412. The number of amidine groups is 1. The second-order valence-corrected chi connectivity index (χ2v) is 6.92. The van der Waals surface area contributed by atoms with E-state index in [2.05, 4.69) is 27.8 Å². The fourth-order valence-corrected chi connectivity index (χ4v) is 4.57. The molecule has 0 unspecified atom stereocenters. The molecule has 2 aliphatic heterocycles. The molecule has 0 aromatic heterocycles. The third kappa shape index (κ3) is 2.33. The highest BCUT2D eigenvalue weighted by Crippen LogP contribution is 2.44. The molecule has 1 fully saturated rings. The fourth-order valence-electron chi connectivity index (χ4n) is 3.56. The maximum atomic E-state index is 11.1. The van der Waals surface area contributed by atoms with Gasteiger partial charge in [-0.15, -0.1) is 0 Å². The Labute approximate surface area is 134 Å². The number of thioether (sulfide) groups is 1. The summed E-state index contributed by atoms with van der Waals surface area (Å²) in [7, 11) is 0. The van der Waals surface area contributed by atoms with Crippen molar-refractivity contribution < 1.29 is 4.79 Å². The smallest absolute Gasteiger partial charge is 0.221 e. The van der Waals surface area contributed by atoms with Crippen LogP contribution in [0.15, 0.2) is 34.7 Å². The lowest BCUT2D eigenvalue weighted by Crippen LogP contribution is -2.38. The zero-order valence-electron chi connectivity index (χ0n) is 12.6. The molecule has 4 nitrogen and oxygen atoms in total. The normalized spacial score (nSPS) is 26.1. The van der Waals surface area contributed by atoms with Crippen molar-refractivity contribution in [2.24, 2.45) is 4.99 Å². The minimum Gasteiger partial charge on any atom is -0.326 e. The summed E-state index contributed by atoms with van der Waals surface area (Å²) in [6, 6.07) is 9.11. The van der Waals surface area contributed by atoms with Crippen molar-refractivity contribution in [2.75, 3.05) is 5.32 Å². The molecule has 3 aliphatic rings. The average Bonchev–Trinajstić information content (AvgIpc) is 3.06. The van der Waals surface area contributed by atoms with Crippen LogP contribution in [0.2, 0.25) is 0 Å². The zero-order chi connectivity index (χ0) is 15.1. The number of benzene rings is 1. The number of amides is 1. The van der Waals surface area contributed by atoms with E-state index in [0.717, 1.165) is 10.9 Å². The Morgan fingerprint density at radius 3 is 2.82 bits per heavy atom. The molecule has 0 spiro atoms. The van der Waals surface area contributed by atoms with Gasteiger partial charge in [0.1, 0.15) is 0 Å². The monoisotopic (exact) mass is 313 g/mol. The van der Waals surface area contributed by atoms with E-state index >= 15 is 0 Å². The van der Waals surface area contributed by atoms with Crippen LogP contribution in [-0.4, -0.2) is 28.1 Å². The van der Waals surface area contributed by atoms with Crippen molar-refractivity contribution in [3.63, 3.8) is 0 Å². The van der Waals surface area contributed by atoms with Crippen molar-refractivity contribution in [3.8, 4) is 0 Å². The van der Waals surface area contributed by atoms with E-state index in [4.69, 9.17) is 4.99 Å². The van der Waals surface area contributed by atoms with Crippen LogP contribution in [0, 0.1) is 0 Å². The third-order valence-electron chi connectivity index (χ3n) is 4.54. The van der Waals surface area contributed by atoms with Gasteiger partial charge in [-0.25, -0.2) is 0 Å². The number of fused-ring (bicyclic) bond motifs is 3. The lowest BCUT2D eigenvalue weighted by Gasteiger charge is -2.32. The quantitative estimate of drug-likeness (QED) is 0.906. The minimum absolute atomic E-state index is 0.0394. The van der Waals surface area contributed by atoms with Crippen LogP contribution in [0.1, 0.15) is 38.2 Å². The molecule has 22 heavy (non-hydrogen) atoms. The van der Waals surface area contributed by atoms with E-state index in [-0.39, 0.29) is 5.91 Å². The third-order valence-corrected chi connectivity index (χ3v) is 5.40. The van der Waals surface area contributed by atoms with Crippen LogP contribution in [0.3, 0.4) is 0 Å². The number of rotatable bonds is 2. The van der Waals surface area contributed by atoms with Crippen molar-refractivity contribution in [3.05, 3.63) is 35.2 Å². The number of hydrogen-bond donors (Lipinski definition) is 1. The predicted octanol–water partition coefficient (Wildman–Crippen LogP) is 3.67. The molecule has 114 valence electrons. The van der Waals surface area contributed by atoms with Crippen molar-refractivity contribution in [2.45, 2.75) is 44.7 Å². The SMILES string of the molecule is CC(=O)Nc1ccc(C2=CSC3=N[C@@H]4CCCC[C@@H]4N23)cc1. The highest BCUT2D eigenvalue weighted by atomic mass is 32.2. The summed E-state index contributed by atoms with van der Waals surface area (Å²) in [5.41, 5.74) is 3.29. The average molecular weight is 313 g/mol. The Balaban J connectivity index is 1.58. The molecule has 4 rings (SSSR count). The van der Waals surface area contributed by atoms with Gasteiger partial charge in [0, 0.05) is 18.0 Å². The number of nitrogens with one attached hydrogen (secondary N) is 1. The van der Waals surface area contributed by atoms with Gasteiger partial charge in [0.25, 0.3) is 0 Å². The van der Waals surface area contributed by atoms with E-state index in [1.54, 1.807) is 11.8 Å². The second kappa shape index (κ2) is 5.47. The summed E-state index contributed by atoms with van der Waals surface area (Å²) in [5, 5.41) is 6.18. The number of carbonyl (C=O) groups excluding carboxylic acids is 1. The summed E-state index contributed by atoms with van der Waals surface area (Å²) in [5.74, 6) is -0.0394. The maximum Gasteiger partial charge on any atom is 0.221 e. The van der Waals surface area contributed by atoms with E-state index in [1.165, 1.54) is 43.9 Å². The molecule has 0 bridgehead atoms. The molecule has 1 saturated carbocycles. The number of hydrogen-bond acceptors (Lipinski definition) is 4. The van der Waals surface area contributed by atoms with Crippen LogP contribution in [0.5, 0.6) is 0 Å². The second-order valence-electron chi connectivity index (χ2n) is 6.08. The highest BCUT2D eigenvalue weighted by molar-refractivity contribution is 8.16. The van der Waals surface area contributed by atoms with E-state index in [1.807, 2.05) is 12.1 Å². The molecule has 1 amide bonds. The molecule has 2 atom stereocenters. The summed E-state index contributed by atoms with van der Waals surface area (Å²) in [6.45, 7) is 1.53. The first-order chi connectivity index (χ1) is 10.7. The Hall–Kier alpha value is -1.75. The molecular weight excluding hydrogens is 294 g/mol. The lowest BCUT2D eigenvalue weighted by atomic mass is 9.90. The van der Waals surface area contributed by atoms with Crippen molar-refractivity contribution in [1.82, 2.24) is 4.90 Å². The van der Waals surface area contributed by atoms with Crippen molar-refractivity contribution in [1.29, 1.82) is 0 Å². The summed E-state index contributed by atoms with van der Waals surface area (Å²) >= 11 is 1.74. The summed E-state index contributed by atoms with van der Waals surface area (Å²) in [4.78, 5) is 18.4. The minimum atomic E-state index is -0.0394. The van der Waals surface area contributed by atoms with Crippen LogP contribution in [-0.2, 0) is 4.79 Å². The molecule has 1 aromatic rings. The zero-order valence-corrected chi connectivity index (χ0v) is 13.4. The topological polar surface area (TPSA) is 44.7 Å². The predicted molar refractivity (Wildman–Crippen MR) is 91.6 cm³/mol. The molecule has 2 heterocycles. The van der Waals surface area contributed by atoms with E-state index in [9.17, 15) is 4.79 Å². The van der Waals surface area contributed by atoms with Crippen LogP contribution >= 0.6 is 11.8 Å². The van der Waals surface area contributed by atoms with Gasteiger partial charge in [-0.3, -0.25) is 9.79 Å². The highest BCUT2D eigenvalue weighted by Gasteiger charge is 2.41. The number of anilines is 1. The lowest BCUT2D eigenvalue weighted by molar-refractivity contribution is -0.114. The standard InChI is InChI=1S/C17H19N3OS/c1-11(21)18-13-8-6-12(7-9-13)16-10-22-17-19-14-4-2-3-5-15(14)20(16)17/h6-10,14-15H,2-5H2,1H3,(H,18,21)/t14-,15+/m1/s1. The van der Waals surface area contributed by atoms with Gasteiger partial charge >= 0.3 is 0 Å². The molecule has 1 aromatic carbocycles. The van der Waals surface area contributed by atoms with Gasteiger partial charge in [-0.1, -0.05) is 36.7 Å². The molecule has 1 aliphatic carbocycles. The van der Waals surface area contributed by atoms with Crippen LogP contribution < -0.4 is 5.32 Å². The molecule has 1 N–H and O–H groups in total. The van der Waals surface area contributed by atoms with Gasteiger partial charge in [-0.05, 0) is 30.5 Å². The van der Waals surface area contributed by atoms with Crippen LogP contribution in [0.4, 0.5) is 5.69 Å². The van der Waals surface area contributed by atoms with Crippen molar-refractivity contribution >= 4 is 34.2 Å². The first-order valence-corrected chi connectivity index (χ1v) is 8.72. The van der Waals surface area contributed by atoms with Gasteiger partial charge in [0.05, 0.1) is 17.8 Å². The molecule has 5 heteroatoms. The van der Waals surface area contributed by atoms with E-state index in [0.29, 0.717) is 12.1 Å². The summed E-state index contributed by atoms with van der Waals surface area (Å²) < 4.78 is 0. The molecular formula is C17H19N3OS.